The Balaban J connectivity index is 1.61. The van der Waals surface area contributed by atoms with Crippen molar-refractivity contribution in [3.8, 4) is 0 Å². The minimum atomic E-state index is -3.97. The molecule has 144 valence electrons. The average molecular weight is 434 g/mol. The molecule has 0 saturated carbocycles. The molecule has 7 nitrogen and oxygen atoms in total. The van der Waals surface area contributed by atoms with Crippen LogP contribution in [0.1, 0.15) is 21.9 Å². The third-order valence-corrected chi connectivity index (χ3v) is 9.18. The second-order valence-electron chi connectivity index (χ2n) is 6.62. The maximum absolute atomic E-state index is 13.1. The van der Waals surface area contributed by atoms with E-state index in [-0.39, 0.29) is 21.2 Å². The first-order valence-electron chi connectivity index (χ1n) is 8.62. The number of benzene rings is 1. The number of aromatic nitrogens is 1. The number of carbonyl (C=O) groups excluding carboxylic acids is 1. The zero-order chi connectivity index (χ0) is 19.6. The van der Waals surface area contributed by atoms with Crippen LogP contribution in [-0.2, 0) is 27.7 Å². The lowest BCUT2D eigenvalue weighted by atomic mass is 10.2. The number of likely N-dealkylation sites (N-methyl/N-ethyl adjacent to an activating group) is 1. The highest BCUT2D eigenvalue weighted by atomic mass is 32.2. The van der Waals surface area contributed by atoms with E-state index in [4.69, 9.17) is 0 Å². The molecule has 0 unspecified atom stereocenters. The number of amides is 1. The summed E-state index contributed by atoms with van der Waals surface area (Å²) in [6, 6.07) is 7.04. The molecule has 5 rings (SSSR count). The van der Waals surface area contributed by atoms with Crippen LogP contribution in [0.25, 0.3) is 15.8 Å². The van der Waals surface area contributed by atoms with E-state index in [0.717, 1.165) is 50.2 Å². The Hall–Kier alpha value is -2.43. The summed E-state index contributed by atoms with van der Waals surface area (Å²) in [5.41, 5.74) is 0.685. The largest absolute Gasteiger partial charge is 0.504 e. The molecule has 0 bridgehead atoms. The number of hydrogen-bond acceptors (Lipinski definition) is 7. The highest BCUT2D eigenvalue weighted by molar-refractivity contribution is 7.89. The van der Waals surface area contributed by atoms with E-state index in [2.05, 4.69) is 10.3 Å². The lowest BCUT2D eigenvalue weighted by molar-refractivity contribution is -0.113. The molecule has 2 aliphatic rings. The quantitative estimate of drug-likeness (QED) is 0.646. The van der Waals surface area contributed by atoms with Crippen molar-refractivity contribution in [1.29, 1.82) is 0 Å². The molecule has 10 heteroatoms. The Morgan fingerprint density at radius 1 is 1.25 bits per heavy atom. The maximum atomic E-state index is 13.1. The number of nitrogens with one attached hydrogen (secondary N) is 1. The van der Waals surface area contributed by atoms with Gasteiger partial charge in [-0.1, -0.05) is 18.2 Å². The molecule has 3 heterocycles. The third kappa shape index (κ3) is 2.41. The van der Waals surface area contributed by atoms with Crippen molar-refractivity contribution < 1.29 is 18.3 Å². The zero-order valence-corrected chi connectivity index (χ0v) is 17.2. The predicted molar refractivity (Wildman–Crippen MR) is 109 cm³/mol. The van der Waals surface area contributed by atoms with Gasteiger partial charge in [-0.05, 0) is 25.3 Å². The van der Waals surface area contributed by atoms with Crippen LogP contribution in [-0.4, -0.2) is 35.8 Å². The summed E-state index contributed by atoms with van der Waals surface area (Å²) in [6.07, 6.45) is 2.88. The molecule has 0 radical (unpaired) electrons. The number of sulfonamides is 1. The molecule has 3 aromatic rings. The highest BCUT2D eigenvalue weighted by Gasteiger charge is 2.41. The van der Waals surface area contributed by atoms with Gasteiger partial charge in [0, 0.05) is 22.0 Å². The van der Waals surface area contributed by atoms with E-state index in [1.807, 2.05) is 0 Å². The van der Waals surface area contributed by atoms with Crippen LogP contribution < -0.4 is 5.32 Å². The summed E-state index contributed by atoms with van der Waals surface area (Å²) in [5, 5.41) is 14.4. The van der Waals surface area contributed by atoms with Gasteiger partial charge >= 0.3 is 0 Å². The summed E-state index contributed by atoms with van der Waals surface area (Å²) in [5.74, 6) is -1.03. The van der Waals surface area contributed by atoms with E-state index in [1.54, 1.807) is 24.3 Å². The molecule has 0 spiro atoms. The Morgan fingerprint density at radius 3 is 2.82 bits per heavy atom. The third-order valence-electron chi connectivity index (χ3n) is 4.95. The second kappa shape index (κ2) is 6.03. The fourth-order valence-electron chi connectivity index (χ4n) is 3.60. The summed E-state index contributed by atoms with van der Waals surface area (Å²) < 4.78 is 27.8. The molecule has 1 aromatic carbocycles. The molecular formula is C18H15N3O4S3. The van der Waals surface area contributed by atoms with E-state index >= 15 is 0 Å². The lowest BCUT2D eigenvalue weighted by Crippen LogP contribution is -2.36. The van der Waals surface area contributed by atoms with E-state index < -0.39 is 15.9 Å². The number of aliphatic hydroxyl groups excluding tert-OH is 1. The minimum Gasteiger partial charge on any atom is -0.504 e. The number of anilines is 1. The fraction of sp³-hybridized carbons (Fsp3) is 0.222. The number of aryl methyl sites for hydroxylation is 2. The van der Waals surface area contributed by atoms with Gasteiger partial charge in [0.05, 0.1) is 10.6 Å². The van der Waals surface area contributed by atoms with Gasteiger partial charge in [-0.2, -0.15) is 0 Å². The van der Waals surface area contributed by atoms with Gasteiger partial charge in [0.15, 0.2) is 16.6 Å². The average Bonchev–Trinajstić information content (AvgIpc) is 3.33. The number of thiazole rings is 1. The first-order chi connectivity index (χ1) is 13.4. The Morgan fingerprint density at radius 2 is 2.04 bits per heavy atom. The Labute approximate surface area is 169 Å². The fourth-order valence-corrected chi connectivity index (χ4v) is 7.66. The summed E-state index contributed by atoms with van der Waals surface area (Å²) in [4.78, 5) is 18.6. The van der Waals surface area contributed by atoms with Crippen LogP contribution in [0.5, 0.6) is 0 Å². The van der Waals surface area contributed by atoms with Gasteiger partial charge < -0.3 is 5.11 Å². The summed E-state index contributed by atoms with van der Waals surface area (Å²) in [6.45, 7) is 0. The minimum absolute atomic E-state index is 0.0397. The van der Waals surface area contributed by atoms with Crippen molar-refractivity contribution in [2.24, 2.45) is 0 Å². The maximum Gasteiger partial charge on any atom is 0.278 e. The summed E-state index contributed by atoms with van der Waals surface area (Å²) >= 11 is 2.55. The number of aliphatic hydroxyl groups is 1. The first kappa shape index (κ1) is 17.7. The van der Waals surface area contributed by atoms with Crippen LogP contribution in [0.3, 0.4) is 0 Å². The standard InChI is InChI=1S/C18H15N3O4S3/c1-21-13(17(23)20-18-19-10-6-4-8-12(10)27-18)14(22)15-16(28(21,24)25)9-5-2-3-7-11(9)26-15/h2-3,5,7,22H,4,6,8H2,1H3,(H,19,20,23). The molecule has 1 amide bonds. The number of carbonyl (C=O) groups is 1. The smallest absolute Gasteiger partial charge is 0.278 e. The van der Waals surface area contributed by atoms with Gasteiger partial charge in [0.25, 0.3) is 15.9 Å². The van der Waals surface area contributed by atoms with Gasteiger partial charge in [-0.15, -0.1) is 22.7 Å². The van der Waals surface area contributed by atoms with Crippen molar-refractivity contribution >= 4 is 59.6 Å². The van der Waals surface area contributed by atoms with E-state index in [1.165, 1.54) is 18.4 Å². The van der Waals surface area contributed by atoms with Crippen molar-refractivity contribution in [1.82, 2.24) is 9.29 Å². The van der Waals surface area contributed by atoms with Crippen molar-refractivity contribution in [3.63, 3.8) is 0 Å². The molecule has 0 atom stereocenters. The number of thiophene rings is 1. The van der Waals surface area contributed by atoms with Crippen molar-refractivity contribution in [2.75, 3.05) is 12.4 Å². The monoisotopic (exact) mass is 433 g/mol. The van der Waals surface area contributed by atoms with Crippen molar-refractivity contribution in [3.05, 3.63) is 45.4 Å². The number of rotatable bonds is 2. The molecule has 2 aromatic heterocycles. The highest BCUT2D eigenvalue weighted by Crippen LogP contribution is 2.44. The zero-order valence-electron chi connectivity index (χ0n) is 14.7. The van der Waals surface area contributed by atoms with Crippen LogP contribution >= 0.6 is 22.7 Å². The number of hydrogen-bond donors (Lipinski definition) is 2. The van der Waals surface area contributed by atoms with Crippen molar-refractivity contribution in [2.45, 2.75) is 24.2 Å². The van der Waals surface area contributed by atoms with Crippen LogP contribution in [0, 0.1) is 0 Å². The molecule has 0 fully saturated rings. The summed E-state index contributed by atoms with van der Waals surface area (Å²) in [7, 11) is -2.70. The van der Waals surface area contributed by atoms with Gasteiger partial charge in [0.1, 0.15) is 4.90 Å². The molecule has 28 heavy (non-hydrogen) atoms. The second-order valence-corrected chi connectivity index (χ2v) is 10.7. The lowest BCUT2D eigenvalue weighted by Gasteiger charge is -2.26. The van der Waals surface area contributed by atoms with Crippen LogP contribution in [0.4, 0.5) is 5.13 Å². The molecule has 2 N–H and O–H groups in total. The normalized spacial score (nSPS) is 17.7. The molecule has 1 aliphatic carbocycles. The Bertz CT molecular complexity index is 1270. The number of nitrogens with zero attached hydrogens (tertiary/aromatic N) is 2. The number of fused-ring (bicyclic) bond motifs is 4. The van der Waals surface area contributed by atoms with Gasteiger partial charge in [0.2, 0.25) is 0 Å². The van der Waals surface area contributed by atoms with Crippen LogP contribution in [0.2, 0.25) is 0 Å². The molecule has 1 aliphatic heterocycles. The molecule has 0 saturated heterocycles. The van der Waals surface area contributed by atoms with Gasteiger partial charge in [-0.3, -0.25) is 14.4 Å². The molecular weight excluding hydrogens is 418 g/mol. The van der Waals surface area contributed by atoms with Gasteiger partial charge in [-0.25, -0.2) is 13.4 Å². The topological polar surface area (TPSA) is 99.6 Å². The first-order valence-corrected chi connectivity index (χ1v) is 11.7. The Kier molecular flexibility index (Phi) is 3.80. The van der Waals surface area contributed by atoms with Crippen LogP contribution in [0.15, 0.2) is 34.9 Å². The predicted octanol–water partition coefficient (Wildman–Crippen LogP) is 3.35. The SMILES string of the molecule is CN1C(C(=O)Nc2nc3c(s2)CCC3)=C(O)c2sc3ccccc3c2S1(=O)=O. The van der Waals surface area contributed by atoms with E-state index in [9.17, 15) is 18.3 Å². The van der Waals surface area contributed by atoms with E-state index in [0.29, 0.717) is 10.5 Å².